The van der Waals surface area contributed by atoms with Gasteiger partial charge in [-0.15, -0.1) is 0 Å². The second kappa shape index (κ2) is 8.44. The van der Waals surface area contributed by atoms with E-state index in [1.54, 1.807) is 6.92 Å². The Bertz CT molecular complexity index is 763. The van der Waals surface area contributed by atoms with E-state index in [0.29, 0.717) is 37.4 Å². The standard InChI is InChI=1S/C21H33N5O3/c1-14-18(13-25(23-14)6-7-27)12-24-10-16-8-17(11-24)20(9-22-15(2)28)26-19(16)4-3-5-21(26)29/h13,16-17,19-20,27H,3-12H2,1-2H3,(H,22,28)/t16-,17+,19+,20+/m1/s1. The van der Waals surface area contributed by atoms with Gasteiger partial charge in [-0.3, -0.25) is 19.2 Å². The topological polar surface area (TPSA) is 90.7 Å². The van der Waals surface area contributed by atoms with Crippen LogP contribution in [-0.4, -0.2) is 74.8 Å². The van der Waals surface area contributed by atoms with Gasteiger partial charge in [0.2, 0.25) is 11.8 Å². The SMILES string of the molecule is CC(=O)NC[C@H]1[C@H]2C[C@H](CN(Cc3cn(CCO)nc3C)C2)[C@@H]2CCCC(=O)N21. The molecule has 0 radical (unpaired) electrons. The number of fused-ring (bicyclic) bond motifs is 4. The van der Waals surface area contributed by atoms with Crippen LogP contribution in [-0.2, 0) is 22.7 Å². The Kier molecular flexibility index (Phi) is 5.92. The molecule has 2 N–H and O–H groups in total. The number of likely N-dealkylation sites (tertiary alicyclic amines) is 1. The highest BCUT2D eigenvalue weighted by molar-refractivity contribution is 5.78. The van der Waals surface area contributed by atoms with E-state index in [1.807, 2.05) is 17.8 Å². The average Bonchev–Trinajstić information content (AvgIpc) is 3.01. The molecule has 3 aliphatic heterocycles. The number of amides is 2. The van der Waals surface area contributed by atoms with Crippen molar-refractivity contribution in [1.82, 2.24) is 24.9 Å². The number of aliphatic hydroxyl groups is 1. The summed E-state index contributed by atoms with van der Waals surface area (Å²) >= 11 is 0. The van der Waals surface area contributed by atoms with Gasteiger partial charge in [-0.05, 0) is 38.0 Å². The van der Waals surface area contributed by atoms with Crippen LogP contribution in [0.5, 0.6) is 0 Å². The lowest BCUT2D eigenvalue weighted by atomic mass is 9.72. The molecule has 4 rings (SSSR count). The molecule has 29 heavy (non-hydrogen) atoms. The van der Waals surface area contributed by atoms with Crippen molar-refractivity contribution >= 4 is 11.8 Å². The average molecular weight is 404 g/mol. The summed E-state index contributed by atoms with van der Waals surface area (Å²) in [5, 5.41) is 16.6. The third kappa shape index (κ3) is 4.19. The van der Waals surface area contributed by atoms with Gasteiger partial charge in [-0.2, -0.15) is 5.10 Å². The largest absolute Gasteiger partial charge is 0.394 e. The van der Waals surface area contributed by atoms with E-state index >= 15 is 0 Å². The Morgan fingerprint density at radius 2 is 2.14 bits per heavy atom. The molecule has 0 unspecified atom stereocenters. The molecule has 3 saturated heterocycles. The van der Waals surface area contributed by atoms with Crippen LogP contribution in [0.1, 0.15) is 43.9 Å². The summed E-state index contributed by atoms with van der Waals surface area (Å²) in [6.07, 6.45) is 5.86. The predicted octanol–water partition coefficient (Wildman–Crippen LogP) is 0.521. The molecule has 4 atom stereocenters. The van der Waals surface area contributed by atoms with E-state index in [-0.39, 0.29) is 24.5 Å². The lowest BCUT2D eigenvalue weighted by Gasteiger charge is -2.56. The van der Waals surface area contributed by atoms with Crippen molar-refractivity contribution in [2.24, 2.45) is 11.8 Å². The molecule has 0 aliphatic carbocycles. The minimum atomic E-state index is -0.0345. The number of carbonyl (C=O) groups is 2. The summed E-state index contributed by atoms with van der Waals surface area (Å²) in [5.74, 6) is 1.11. The minimum Gasteiger partial charge on any atom is -0.394 e. The number of rotatable bonds is 6. The zero-order chi connectivity index (χ0) is 20.5. The van der Waals surface area contributed by atoms with Gasteiger partial charge in [-0.25, -0.2) is 0 Å². The number of piperidine rings is 3. The molecule has 3 aliphatic rings. The van der Waals surface area contributed by atoms with Crippen LogP contribution in [0, 0.1) is 18.8 Å². The van der Waals surface area contributed by atoms with Crippen LogP contribution in [0.15, 0.2) is 6.20 Å². The summed E-state index contributed by atoms with van der Waals surface area (Å²) in [4.78, 5) is 29.0. The number of nitrogens with zero attached hydrogens (tertiary/aromatic N) is 4. The van der Waals surface area contributed by atoms with E-state index in [0.717, 1.165) is 44.6 Å². The van der Waals surface area contributed by atoms with Crippen molar-refractivity contribution in [2.45, 2.75) is 64.7 Å². The van der Waals surface area contributed by atoms with Gasteiger partial charge < -0.3 is 15.3 Å². The van der Waals surface area contributed by atoms with Crippen LogP contribution < -0.4 is 5.32 Å². The van der Waals surface area contributed by atoms with Gasteiger partial charge >= 0.3 is 0 Å². The van der Waals surface area contributed by atoms with Gasteiger partial charge in [0.15, 0.2) is 0 Å². The maximum Gasteiger partial charge on any atom is 0.223 e. The number of nitrogens with one attached hydrogen (secondary N) is 1. The maximum absolute atomic E-state index is 12.8. The smallest absolute Gasteiger partial charge is 0.223 e. The molecule has 1 aromatic heterocycles. The lowest BCUT2D eigenvalue weighted by molar-refractivity contribution is -0.153. The molecule has 0 spiro atoms. The number of aromatic nitrogens is 2. The van der Waals surface area contributed by atoms with Crippen molar-refractivity contribution < 1.29 is 14.7 Å². The number of carbonyl (C=O) groups excluding carboxylic acids is 2. The normalized spacial score (nSPS) is 29.6. The molecule has 8 nitrogen and oxygen atoms in total. The highest BCUT2D eigenvalue weighted by Gasteiger charge is 2.49. The van der Waals surface area contributed by atoms with E-state index < -0.39 is 0 Å². The van der Waals surface area contributed by atoms with Gasteiger partial charge in [0, 0.05) is 57.3 Å². The summed E-state index contributed by atoms with van der Waals surface area (Å²) < 4.78 is 1.82. The van der Waals surface area contributed by atoms with E-state index in [1.165, 1.54) is 5.56 Å². The fraction of sp³-hybridized carbons (Fsp3) is 0.762. The highest BCUT2D eigenvalue weighted by atomic mass is 16.3. The Morgan fingerprint density at radius 1 is 1.34 bits per heavy atom. The Morgan fingerprint density at radius 3 is 2.90 bits per heavy atom. The van der Waals surface area contributed by atoms with E-state index in [4.69, 9.17) is 5.11 Å². The monoisotopic (exact) mass is 403 g/mol. The van der Waals surface area contributed by atoms with Crippen molar-refractivity contribution in [3.63, 3.8) is 0 Å². The second-order valence-electron chi connectivity index (χ2n) is 8.94. The Balaban J connectivity index is 1.52. The third-order valence-electron chi connectivity index (χ3n) is 6.90. The first kappa shape index (κ1) is 20.3. The molecule has 4 heterocycles. The highest BCUT2D eigenvalue weighted by Crippen LogP contribution is 2.41. The van der Waals surface area contributed by atoms with Crippen molar-refractivity contribution in [1.29, 1.82) is 0 Å². The van der Waals surface area contributed by atoms with Gasteiger partial charge in [0.1, 0.15) is 0 Å². The molecular formula is C21H33N5O3. The van der Waals surface area contributed by atoms with E-state index in [2.05, 4.69) is 20.2 Å². The predicted molar refractivity (Wildman–Crippen MR) is 108 cm³/mol. The second-order valence-corrected chi connectivity index (χ2v) is 8.94. The first-order valence-corrected chi connectivity index (χ1v) is 10.9. The molecule has 0 aromatic carbocycles. The van der Waals surface area contributed by atoms with Gasteiger partial charge in [0.25, 0.3) is 0 Å². The summed E-state index contributed by atoms with van der Waals surface area (Å²) in [6.45, 7) is 7.50. The van der Waals surface area contributed by atoms with Crippen LogP contribution in [0.2, 0.25) is 0 Å². The van der Waals surface area contributed by atoms with Crippen molar-refractivity contribution in [3.8, 4) is 0 Å². The van der Waals surface area contributed by atoms with Crippen LogP contribution >= 0.6 is 0 Å². The molecule has 2 amide bonds. The summed E-state index contributed by atoms with van der Waals surface area (Å²) in [6, 6.07) is 0.390. The molecule has 2 bridgehead atoms. The van der Waals surface area contributed by atoms with Gasteiger partial charge in [-0.1, -0.05) is 0 Å². The Hall–Kier alpha value is -1.93. The molecule has 8 heteroatoms. The molecule has 160 valence electrons. The number of hydrogen-bond acceptors (Lipinski definition) is 5. The van der Waals surface area contributed by atoms with Crippen LogP contribution in [0.4, 0.5) is 0 Å². The zero-order valence-corrected chi connectivity index (χ0v) is 17.5. The third-order valence-corrected chi connectivity index (χ3v) is 6.90. The van der Waals surface area contributed by atoms with Crippen molar-refractivity contribution in [2.75, 3.05) is 26.2 Å². The quantitative estimate of drug-likeness (QED) is 0.723. The molecule has 1 aromatic rings. The van der Waals surface area contributed by atoms with E-state index in [9.17, 15) is 9.59 Å². The fourth-order valence-corrected chi connectivity index (χ4v) is 5.68. The lowest BCUT2D eigenvalue weighted by Crippen LogP contribution is -2.66. The number of aliphatic hydroxyl groups excluding tert-OH is 1. The molecule has 3 fully saturated rings. The Labute approximate surface area is 172 Å². The minimum absolute atomic E-state index is 0.0345. The first-order chi connectivity index (χ1) is 14.0. The first-order valence-electron chi connectivity index (χ1n) is 10.9. The number of aryl methyl sites for hydroxylation is 1. The molecular weight excluding hydrogens is 370 g/mol. The van der Waals surface area contributed by atoms with Crippen LogP contribution in [0.25, 0.3) is 0 Å². The summed E-state index contributed by atoms with van der Waals surface area (Å²) in [5.41, 5.74) is 2.21. The maximum atomic E-state index is 12.8. The molecule has 0 saturated carbocycles. The van der Waals surface area contributed by atoms with Crippen molar-refractivity contribution in [3.05, 3.63) is 17.5 Å². The fourth-order valence-electron chi connectivity index (χ4n) is 5.68. The van der Waals surface area contributed by atoms with Gasteiger partial charge in [0.05, 0.1) is 24.9 Å². The van der Waals surface area contributed by atoms with Crippen LogP contribution in [0.3, 0.4) is 0 Å². The summed E-state index contributed by atoms with van der Waals surface area (Å²) in [7, 11) is 0. The number of hydrogen-bond donors (Lipinski definition) is 2. The zero-order valence-electron chi connectivity index (χ0n) is 17.5.